The molecule has 0 aliphatic heterocycles. The lowest BCUT2D eigenvalue weighted by Gasteiger charge is -2.23. The first-order valence-electron chi connectivity index (χ1n) is 4.89. The van der Waals surface area contributed by atoms with Gasteiger partial charge in [0.05, 0.1) is 11.0 Å². The van der Waals surface area contributed by atoms with E-state index in [2.05, 4.69) is 0 Å². The maximum absolute atomic E-state index is 13.4. The van der Waals surface area contributed by atoms with Crippen LogP contribution in [0.2, 0.25) is 0 Å². The van der Waals surface area contributed by atoms with E-state index in [0.717, 1.165) is 6.07 Å². The van der Waals surface area contributed by atoms with E-state index in [1.807, 2.05) is 0 Å². The number of rotatable bonds is 3. The Balaban J connectivity index is 3.30. The second kappa shape index (κ2) is 4.31. The number of carboxylic acid groups (broad SMARTS) is 1. The summed E-state index contributed by atoms with van der Waals surface area (Å²) in [7, 11) is 0. The second-order valence-corrected chi connectivity index (χ2v) is 3.80. The van der Waals surface area contributed by atoms with Gasteiger partial charge >= 0.3 is 5.97 Å². The highest BCUT2D eigenvalue weighted by atomic mass is 19.1. The van der Waals surface area contributed by atoms with Gasteiger partial charge in [-0.15, -0.1) is 0 Å². The molecule has 0 amide bonds. The number of hydrogen-bond acceptors (Lipinski definition) is 2. The maximum atomic E-state index is 13.4. The van der Waals surface area contributed by atoms with Crippen LogP contribution in [0.5, 0.6) is 0 Å². The molecule has 1 unspecified atom stereocenters. The molecule has 0 spiro atoms. The molecular formula is C12H12FNO2. The Labute approximate surface area is 93.1 Å². The van der Waals surface area contributed by atoms with Crippen molar-refractivity contribution in [3.05, 3.63) is 35.1 Å². The summed E-state index contributed by atoms with van der Waals surface area (Å²) in [6.07, 6.45) is 0.355. The molecule has 0 aliphatic rings. The molecule has 1 N–H and O–H groups in total. The predicted octanol–water partition coefficient (Wildman–Crippen LogP) is 2.45. The molecular weight excluding hydrogens is 209 g/mol. The molecule has 0 aliphatic carbocycles. The summed E-state index contributed by atoms with van der Waals surface area (Å²) in [6.45, 7) is 3.26. The van der Waals surface area contributed by atoms with E-state index < -0.39 is 17.2 Å². The number of carbonyl (C=O) groups is 1. The molecule has 0 radical (unpaired) electrons. The minimum absolute atomic E-state index is 0.0763. The molecule has 0 heterocycles. The Morgan fingerprint density at radius 3 is 2.62 bits per heavy atom. The fourth-order valence-corrected chi connectivity index (χ4v) is 1.43. The maximum Gasteiger partial charge on any atom is 0.313 e. The van der Waals surface area contributed by atoms with Crippen molar-refractivity contribution in [2.75, 3.05) is 0 Å². The quantitative estimate of drug-likeness (QED) is 0.852. The lowest BCUT2D eigenvalue weighted by Crippen LogP contribution is -2.31. The van der Waals surface area contributed by atoms with Crippen LogP contribution in [-0.4, -0.2) is 11.1 Å². The summed E-state index contributed by atoms with van der Waals surface area (Å²) in [6, 6.07) is 5.61. The van der Waals surface area contributed by atoms with Crippen LogP contribution in [-0.2, 0) is 10.2 Å². The Bertz CT molecular complexity index is 465. The summed E-state index contributed by atoms with van der Waals surface area (Å²) in [5, 5.41) is 17.7. The van der Waals surface area contributed by atoms with Crippen LogP contribution >= 0.6 is 0 Å². The first-order valence-corrected chi connectivity index (χ1v) is 4.89. The fourth-order valence-electron chi connectivity index (χ4n) is 1.43. The summed E-state index contributed by atoms with van der Waals surface area (Å²) < 4.78 is 13.4. The molecule has 0 saturated heterocycles. The van der Waals surface area contributed by atoms with Gasteiger partial charge in [0.15, 0.2) is 0 Å². The van der Waals surface area contributed by atoms with Crippen molar-refractivity contribution >= 4 is 5.97 Å². The van der Waals surface area contributed by atoms with Gasteiger partial charge in [0.1, 0.15) is 11.9 Å². The molecule has 0 fully saturated rings. The van der Waals surface area contributed by atoms with E-state index in [-0.39, 0.29) is 5.56 Å². The lowest BCUT2D eigenvalue weighted by atomic mass is 9.80. The van der Waals surface area contributed by atoms with E-state index in [9.17, 15) is 9.18 Å². The van der Waals surface area contributed by atoms with E-state index in [1.54, 1.807) is 13.0 Å². The average molecular weight is 221 g/mol. The van der Waals surface area contributed by atoms with Crippen molar-refractivity contribution in [1.82, 2.24) is 0 Å². The number of nitrogens with zero attached hydrogens (tertiary/aromatic N) is 1. The molecule has 0 aromatic heterocycles. The number of benzene rings is 1. The van der Waals surface area contributed by atoms with Crippen molar-refractivity contribution in [3.63, 3.8) is 0 Å². The Morgan fingerprint density at radius 2 is 2.25 bits per heavy atom. The largest absolute Gasteiger partial charge is 0.481 e. The molecule has 1 atom stereocenters. The van der Waals surface area contributed by atoms with Crippen LogP contribution in [0.4, 0.5) is 4.39 Å². The number of carboxylic acids is 1. The van der Waals surface area contributed by atoms with Crippen molar-refractivity contribution in [1.29, 1.82) is 5.26 Å². The fraction of sp³-hybridized carbons (Fsp3) is 0.333. The highest BCUT2D eigenvalue weighted by Crippen LogP contribution is 2.28. The van der Waals surface area contributed by atoms with Gasteiger partial charge in [0.2, 0.25) is 0 Å². The predicted molar refractivity (Wildman–Crippen MR) is 56.4 cm³/mol. The zero-order valence-electron chi connectivity index (χ0n) is 9.12. The number of hydrogen-bond donors (Lipinski definition) is 1. The molecule has 1 rings (SSSR count). The minimum Gasteiger partial charge on any atom is -0.481 e. The van der Waals surface area contributed by atoms with Gasteiger partial charge in [-0.25, -0.2) is 4.39 Å². The van der Waals surface area contributed by atoms with Crippen molar-refractivity contribution in [3.8, 4) is 6.07 Å². The minimum atomic E-state index is -1.12. The van der Waals surface area contributed by atoms with Gasteiger partial charge in [-0.1, -0.05) is 13.0 Å². The molecule has 4 heteroatoms. The molecule has 1 aromatic rings. The molecule has 16 heavy (non-hydrogen) atoms. The number of halogens is 1. The van der Waals surface area contributed by atoms with Crippen LogP contribution < -0.4 is 0 Å². The molecule has 84 valence electrons. The van der Waals surface area contributed by atoms with E-state index in [1.165, 1.54) is 19.1 Å². The lowest BCUT2D eigenvalue weighted by molar-refractivity contribution is -0.143. The third-order valence-electron chi connectivity index (χ3n) is 2.91. The van der Waals surface area contributed by atoms with E-state index in [4.69, 9.17) is 10.4 Å². The van der Waals surface area contributed by atoms with Crippen LogP contribution in [0.15, 0.2) is 18.2 Å². The van der Waals surface area contributed by atoms with Crippen LogP contribution in [0.1, 0.15) is 31.4 Å². The average Bonchev–Trinajstić information content (AvgIpc) is 2.27. The Kier molecular flexibility index (Phi) is 3.28. The highest BCUT2D eigenvalue weighted by molar-refractivity contribution is 5.80. The van der Waals surface area contributed by atoms with Crippen molar-refractivity contribution in [2.24, 2.45) is 0 Å². The van der Waals surface area contributed by atoms with Crippen LogP contribution in [0.25, 0.3) is 0 Å². The first kappa shape index (κ1) is 12.2. The summed E-state index contributed by atoms with van der Waals surface area (Å²) >= 11 is 0. The third kappa shape index (κ3) is 1.89. The van der Waals surface area contributed by atoms with Gasteiger partial charge in [0.25, 0.3) is 0 Å². The van der Waals surface area contributed by atoms with E-state index >= 15 is 0 Å². The third-order valence-corrected chi connectivity index (χ3v) is 2.91. The van der Waals surface area contributed by atoms with E-state index in [0.29, 0.717) is 12.0 Å². The standard InChI is InChI=1S/C12H12FNO2/c1-3-12(2,11(15)16)9-5-4-8(7-14)10(13)6-9/h4-6H,3H2,1-2H3,(H,15,16). The van der Waals surface area contributed by atoms with Crippen LogP contribution in [0, 0.1) is 17.1 Å². The summed E-state index contributed by atoms with van der Waals surface area (Å²) in [5.74, 6) is -1.68. The van der Waals surface area contributed by atoms with Gasteiger partial charge in [-0.3, -0.25) is 4.79 Å². The molecule has 0 saturated carbocycles. The smallest absolute Gasteiger partial charge is 0.313 e. The van der Waals surface area contributed by atoms with Gasteiger partial charge in [-0.05, 0) is 31.0 Å². The van der Waals surface area contributed by atoms with Crippen LogP contribution in [0.3, 0.4) is 0 Å². The normalized spacial score (nSPS) is 13.9. The van der Waals surface area contributed by atoms with Gasteiger partial charge in [0, 0.05) is 0 Å². The number of nitriles is 1. The Morgan fingerprint density at radius 1 is 1.62 bits per heavy atom. The van der Waals surface area contributed by atoms with Gasteiger partial charge in [-0.2, -0.15) is 5.26 Å². The zero-order chi connectivity index (χ0) is 12.3. The topological polar surface area (TPSA) is 61.1 Å². The number of aliphatic carboxylic acids is 1. The first-order chi connectivity index (χ1) is 7.45. The molecule has 0 bridgehead atoms. The van der Waals surface area contributed by atoms with Gasteiger partial charge < -0.3 is 5.11 Å². The summed E-state index contributed by atoms with van der Waals surface area (Å²) in [4.78, 5) is 11.1. The second-order valence-electron chi connectivity index (χ2n) is 3.80. The molecule has 1 aromatic carbocycles. The monoisotopic (exact) mass is 221 g/mol. The zero-order valence-corrected chi connectivity index (χ0v) is 9.12. The van der Waals surface area contributed by atoms with Crippen molar-refractivity contribution < 1.29 is 14.3 Å². The Hall–Kier alpha value is -1.89. The summed E-state index contributed by atoms with van der Waals surface area (Å²) in [5.41, 5.74) is -0.818. The SMILES string of the molecule is CCC(C)(C(=O)O)c1ccc(C#N)c(F)c1. The van der Waals surface area contributed by atoms with Crippen molar-refractivity contribution in [2.45, 2.75) is 25.7 Å². The molecule has 3 nitrogen and oxygen atoms in total. The highest BCUT2D eigenvalue weighted by Gasteiger charge is 2.33.